The van der Waals surface area contributed by atoms with Crippen LogP contribution in [0.2, 0.25) is 0 Å². The molecule has 0 radical (unpaired) electrons. The highest BCUT2D eigenvalue weighted by Gasteiger charge is 2.42. The summed E-state index contributed by atoms with van der Waals surface area (Å²) < 4.78 is 0. The van der Waals surface area contributed by atoms with Crippen LogP contribution in [-0.2, 0) is 0 Å². The van der Waals surface area contributed by atoms with E-state index in [1.165, 1.54) is 38.7 Å². The molecule has 2 N–H and O–H groups in total. The van der Waals surface area contributed by atoms with E-state index in [2.05, 4.69) is 52.5 Å². The van der Waals surface area contributed by atoms with Crippen LogP contribution in [0.1, 0.15) is 34.1 Å². The minimum absolute atomic E-state index is 0.176. The normalized spacial score (nSPS) is 21.3. The molecule has 0 saturated carbocycles. The molecular weight excluding hydrogens is 300 g/mol. The SMILES string of the molecule is CNC1=C(C=N)C2c3ccccc3C1c1cc3cscc3cc12. The largest absolute Gasteiger partial charge is 0.390 e. The van der Waals surface area contributed by atoms with Gasteiger partial charge in [0.05, 0.1) is 0 Å². The number of nitrogens with one attached hydrogen (secondary N) is 2. The Balaban J connectivity index is 1.90. The highest BCUT2D eigenvalue weighted by molar-refractivity contribution is 7.09. The molecule has 3 aromatic rings. The summed E-state index contributed by atoms with van der Waals surface area (Å²) in [6, 6.07) is 13.4. The molecule has 1 heterocycles. The molecule has 0 fully saturated rings. The Labute approximate surface area is 139 Å². The van der Waals surface area contributed by atoms with Crippen molar-refractivity contribution in [3.63, 3.8) is 0 Å². The van der Waals surface area contributed by atoms with Crippen molar-refractivity contribution in [3.8, 4) is 0 Å². The number of rotatable bonds is 2. The molecule has 2 atom stereocenters. The van der Waals surface area contributed by atoms with Crippen LogP contribution in [0.25, 0.3) is 10.8 Å². The molecule has 1 aromatic heterocycles. The van der Waals surface area contributed by atoms with Crippen molar-refractivity contribution >= 4 is 28.3 Å². The van der Waals surface area contributed by atoms with Gasteiger partial charge in [-0.05, 0) is 55.9 Å². The van der Waals surface area contributed by atoms with Crippen molar-refractivity contribution in [1.82, 2.24) is 5.32 Å². The van der Waals surface area contributed by atoms with Crippen molar-refractivity contribution < 1.29 is 0 Å². The third kappa shape index (κ3) is 1.55. The maximum absolute atomic E-state index is 7.98. The van der Waals surface area contributed by atoms with Crippen molar-refractivity contribution in [3.05, 3.63) is 80.7 Å². The van der Waals surface area contributed by atoms with E-state index in [4.69, 9.17) is 5.41 Å². The standard InChI is InChI=1S/C20H16N2S/c1-22-20-17(8-21)18-13-4-2-3-5-14(13)19(20)16-7-12-10-23-9-11(12)6-15(16)18/h2-10,18-19,21-22H,1H3. The summed E-state index contributed by atoms with van der Waals surface area (Å²) in [5.74, 6) is 0.396. The van der Waals surface area contributed by atoms with Gasteiger partial charge in [0.15, 0.2) is 0 Å². The first-order chi connectivity index (χ1) is 11.3. The maximum atomic E-state index is 7.98. The molecular formula is C20H16N2S. The summed E-state index contributed by atoms with van der Waals surface area (Å²) in [5.41, 5.74) is 7.81. The number of thiophene rings is 1. The van der Waals surface area contributed by atoms with E-state index in [-0.39, 0.29) is 11.8 Å². The van der Waals surface area contributed by atoms with Crippen LogP contribution in [0.15, 0.2) is 58.4 Å². The molecule has 3 aliphatic carbocycles. The zero-order valence-corrected chi connectivity index (χ0v) is 13.6. The number of hydrogen-bond donors (Lipinski definition) is 2. The van der Waals surface area contributed by atoms with Crippen LogP contribution in [0.5, 0.6) is 0 Å². The van der Waals surface area contributed by atoms with Gasteiger partial charge in [0.2, 0.25) is 0 Å². The Bertz CT molecular complexity index is 996. The summed E-state index contributed by atoms with van der Waals surface area (Å²) in [6.07, 6.45) is 1.54. The number of benzene rings is 2. The Hall–Kier alpha value is -2.39. The minimum atomic E-state index is 0.176. The maximum Gasteiger partial charge on any atom is 0.0497 e. The van der Waals surface area contributed by atoms with Crippen molar-refractivity contribution in [1.29, 1.82) is 5.41 Å². The van der Waals surface area contributed by atoms with Crippen LogP contribution in [0.3, 0.4) is 0 Å². The smallest absolute Gasteiger partial charge is 0.0497 e. The summed E-state index contributed by atoms with van der Waals surface area (Å²) in [7, 11) is 1.98. The second-order valence-corrected chi connectivity index (χ2v) is 6.98. The zero-order chi connectivity index (χ0) is 15.6. The fourth-order valence-corrected chi connectivity index (χ4v) is 5.11. The first-order valence-electron chi connectivity index (χ1n) is 7.84. The molecule has 0 aliphatic heterocycles. The fraction of sp³-hybridized carbons (Fsp3) is 0.150. The van der Waals surface area contributed by atoms with Gasteiger partial charge >= 0.3 is 0 Å². The Morgan fingerprint density at radius 3 is 2.17 bits per heavy atom. The lowest BCUT2D eigenvalue weighted by Gasteiger charge is -2.42. The molecule has 3 aliphatic rings. The van der Waals surface area contributed by atoms with E-state index in [9.17, 15) is 0 Å². The Morgan fingerprint density at radius 1 is 0.957 bits per heavy atom. The van der Waals surface area contributed by atoms with Gasteiger partial charge in [-0.1, -0.05) is 24.3 Å². The fourth-order valence-electron chi connectivity index (χ4n) is 4.34. The average Bonchev–Trinajstić information content (AvgIpc) is 3.06. The topological polar surface area (TPSA) is 35.9 Å². The molecule has 112 valence electrons. The van der Waals surface area contributed by atoms with Crippen molar-refractivity contribution in [2.45, 2.75) is 11.8 Å². The van der Waals surface area contributed by atoms with Crippen molar-refractivity contribution in [2.75, 3.05) is 7.05 Å². The van der Waals surface area contributed by atoms with E-state index < -0.39 is 0 Å². The molecule has 6 rings (SSSR count). The second kappa shape index (κ2) is 4.56. The van der Waals surface area contributed by atoms with Gasteiger partial charge in [0, 0.05) is 36.4 Å². The monoisotopic (exact) mass is 316 g/mol. The second-order valence-electron chi connectivity index (χ2n) is 6.24. The first-order valence-corrected chi connectivity index (χ1v) is 8.78. The van der Waals surface area contributed by atoms with Crippen LogP contribution in [-0.4, -0.2) is 13.3 Å². The summed E-state index contributed by atoms with van der Waals surface area (Å²) >= 11 is 1.76. The van der Waals surface area contributed by atoms with E-state index >= 15 is 0 Å². The lowest BCUT2D eigenvalue weighted by molar-refractivity contribution is 0.700. The van der Waals surface area contributed by atoms with Crippen LogP contribution in [0.4, 0.5) is 0 Å². The van der Waals surface area contributed by atoms with Gasteiger partial charge in [-0.3, -0.25) is 0 Å². The molecule has 2 bridgehead atoms. The van der Waals surface area contributed by atoms with Crippen LogP contribution in [0, 0.1) is 5.41 Å². The third-order valence-corrected chi connectivity index (χ3v) is 6.03. The molecule has 2 aromatic carbocycles. The number of allylic oxidation sites excluding steroid dienone is 2. The molecule has 0 saturated heterocycles. The number of likely N-dealkylation sites (N-methyl/N-ethyl adjacent to an activating group) is 1. The van der Waals surface area contributed by atoms with Gasteiger partial charge in [0.25, 0.3) is 0 Å². The lowest BCUT2D eigenvalue weighted by atomic mass is 9.63. The Kier molecular flexibility index (Phi) is 2.59. The lowest BCUT2D eigenvalue weighted by Crippen LogP contribution is -2.33. The minimum Gasteiger partial charge on any atom is -0.390 e. The van der Waals surface area contributed by atoms with Crippen molar-refractivity contribution in [2.24, 2.45) is 0 Å². The number of fused-ring (bicyclic) bond motifs is 1. The van der Waals surface area contributed by atoms with E-state index in [0.717, 1.165) is 5.57 Å². The van der Waals surface area contributed by atoms with Gasteiger partial charge in [-0.25, -0.2) is 0 Å². The van der Waals surface area contributed by atoms with E-state index in [0.29, 0.717) is 0 Å². The first kappa shape index (κ1) is 13.1. The van der Waals surface area contributed by atoms with E-state index in [1.54, 1.807) is 17.6 Å². The molecule has 3 heteroatoms. The van der Waals surface area contributed by atoms with Crippen LogP contribution >= 0.6 is 11.3 Å². The van der Waals surface area contributed by atoms with Gasteiger partial charge < -0.3 is 10.7 Å². The predicted octanol–water partition coefficient (Wildman–Crippen LogP) is 4.62. The molecule has 0 amide bonds. The highest BCUT2D eigenvalue weighted by Crippen LogP contribution is 2.54. The van der Waals surface area contributed by atoms with Gasteiger partial charge in [-0.15, -0.1) is 0 Å². The average molecular weight is 316 g/mol. The predicted molar refractivity (Wildman–Crippen MR) is 96.8 cm³/mol. The third-order valence-electron chi connectivity index (χ3n) is 5.25. The summed E-state index contributed by atoms with van der Waals surface area (Å²) in [4.78, 5) is 0. The molecule has 2 unspecified atom stereocenters. The van der Waals surface area contributed by atoms with Gasteiger partial charge in [0.1, 0.15) is 0 Å². The van der Waals surface area contributed by atoms with Crippen LogP contribution < -0.4 is 5.32 Å². The molecule has 23 heavy (non-hydrogen) atoms. The highest BCUT2D eigenvalue weighted by atomic mass is 32.1. The summed E-state index contributed by atoms with van der Waals surface area (Å²) in [6.45, 7) is 0. The molecule has 0 spiro atoms. The van der Waals surface area contributed by atoms with E-state index in [1.807, 2.05) is 7.05 Å². The number of hydrogen-bond acceptors (Lipinski definition) is 3. The Morgan fingerprint density at radius 2 is 1.57 bits per heavy atom. The zero-order valence-electron chi connectivity index (χ0n) is 12.8. The quantitative estimate of drug-likeness (QED) is 0.665. The van der Waals surface area contributed by atoms with Gasteiger partial charge in [-0.2, -0.15) is 11.3 Å². The summed E-state index contributed by atoms with van der Waals surface area (Å²) in [5, 5.41) is 18.5. The molecule has 2 nitrogen and oxygen atoms in total.